The molecule has 0 saturated heterocycles. The van der Waals surface area contributed by atoms with E-state index < -0.39 is 4.92 Å². The summed E-state index contributed by atoms with van der Waals surface area (Å²) in [6.45, 7) is 3.93. The fourth-order valence-corrected chi connectivity index (χ4v) is 1.81. The van der Waals surface area contributed by atoms with Gasteiger partial charge in [0.2, 0.25) is 0 Å². The van der Waals surface area contributed by atoms with Crippen molar-refractivity contribution in [1.29, 1.82) is 0 Å². The summed E-state index contributed by atoms with van der Waals surface area (Å²) in [4.78, 5) is 22.2. The molecule has 1 heterocycles. The van der Waals surface area contributed by atoms with E-state index >= 15 is 0 Å². The molecule has 1 aromatic heterocycles. The Kier molecular flexibility index (Phi) is 6.07. The van der Waals surface area contributed by atoms with Crippen LogP contribution in [0.2, 0.25) is 0 Å². The standard InChI is InChI=1S/C12H15N5O3.ClH/c1-2-13-5-6-14-12(18)11-9-7-8(17(19)20)3-4-10(9)15-16-11;/h3-4,7,13H,2,5-6H2,1H3,(H,14,18)(H,15,16);1H. The number of H-pyrrole nitrogens is 1. The van der Waals surface area contributed by atoms with Crippen LogP contribution < -0.4 is 10.6 Å². The number of nitro groups is 1. The van der Waals surface area contributed by atoms with Gasteiger partial charge in [0, 0.05) is 30.6 Å². The topological polar surface area (TPSA) is 113 Å². The number of nitro benzene ring substituents is 1. The van der Waals surface area contributed by atoms with Gasteiger partial charge in [0.25, 0.3) is 11.6 Å². The minimum atomic E-state index is -0.501. The fraction of sp³-hybridized carbons (Fsp3) is 0.333. The molecule has 9 heteroatoms. The number of fused-ring (bicyclic) bond motifs is 1. The van der Waals surface area contributed by atoms with Gasteiger partial charge in [-0.2, -0.15) is 5.10 Å². The molecule has 0 fully saturated rings. The number of aromatic nitrogens is 2. The number of nitrogens with zero attached hydrogens (tertiary/aromatic N) is 2. The summed E-state index contributed by atoms with van der Waals surface area (Å²) < 4.78 is 0. The number of non-ortho nitro benzene ring substituents is 1. The van der Waals surface area contributed by atoms with Gasteiger partial charge >= 0.3 is 0 Å². The number of likely N-dealkylation sites (N-methyl/N-ethyl adjacent to an activating group) is 1. The van der Waals surface area contributed by atoms with Crippen molar-refractivity contribution in [1.82, 2.24) is 20.8 Å². The number of hydrogen-bond acceptors (Lipinski definition) is 5. The highest BCUT2D eigenvalue weighted by atomic mass is 35.5. The van der Waals surface area contributed by atoms with Crippen LogP contribution in [0.3, 0.4) is 0 Å². The van der Waals surface area contributed by atoms with Gasteiger partial charge in [0.05, 0.1) is 10.4 Å². The summed E-state index contributed by atoms with van der Waals surface area (Å²) in [6, 6.07) is 4.25. The maximum atomic E-state index is 12.0. The first-order valence-electron chi connectivity index (χ1n) is 6.25. The monoisotopic (exact) mass is 313 g/mol. The number of carbonyl (C=O) groups is 1. The predicted octanol–water partition coefficient (Wildman–Crippen LogP) is 1.23. The van der Waals surface area contributed by atoms with Gasteiger partial charge in [-0.1, -0.05) is 6.92 Å². The van der Waals surface area contributed by atoms with Crippen molar-refractivity contribution in [3.63, 3.8) is 0 Å². The third-order valence-electron chi connectivity index (χ3n) is 2.81. The minimum absolute atomic E-state index is 0. The minimum Gasteiger partial charge on any atom is -0.349 e. The lowest BCUT2D eigenvalue weighted by Crippen LogP contribution is -2.32. The SMILES string of the molecule is CCNCCNC(=O)c1n[nH]c2ccc([N+](=O)[O-])cc12.Cl. The molecule has 2 rings (SSSR count). The van der Waals surface area contributed by atoms with Crippen molar-refractivity contribution in [3.05, 3.63) is 34.0 Å². The lowest BCUT2D eigenvalue weighted by molar-refractivity contribution is -0.384. The Hall–Kier alpha value is -2.19. The lowest BCUT2D eigenvalue weighted by atomic mass is 10.2. The van der Waals surface area contributed by atoms with Crippen LogP contribution in [-0.4, -0.2) is 40.7 Å². The Morgan fingerprint density at radius 2 is 2.19 bits per heavy atom. The highest BCUT2D eigenvalue weighted by Crippen LogP contribution is 2.21. The van der Waals surface area contributed by atoms with E-state index in [1.165, 1.54) is 18.2 Å². The summed E-state index contributed by atoms with van der Waals surface area (Å²) in [5.74, 6) is -0.352. The largest absolute Gasteiger partial charge is 0.349 e. The van der Waals surface area contributed by atoms with Crippen molar-refractivity contribution in [2.45, 2.75) is 6.92 Å². The zero-order valence-corrected chi connectivity index (χ0v) is 12.2. The average Bonchev–Trinajstić information content (AvgIpc) is 2.86. The molecule has 0 bridgehead atoms. The van der Waals surface area contributed by atoms with Gasteiger partial charge < -0.3 is 10.6 Å². The Labute approximate surface area is 126 Å². The van der Waals surface area contributed by atoms with Crippen molar-refractivity contribution >= 4 is 34.9 Å². The first-order chi connectivity index (χ1) is 9.63. The van der Waals surface area contributed by atoms with Crippen LogP contribution in [0.5, 0.6) is 0 Å². The van der Waals surface area contributed by atoms with Crippen LogP contribution in [0.1, 0.15) is 17.4 Å². The first-order valence-corrected chi connectivity index (χ1v) is 6.25. The maximum Gasteiger partial charge on any atom is 0.272 e. The molecule has 0 radical (unpaired) electrons. The highest BCUT2D eigenvalue weighted by molar-refractivity contribution is 6.05. The smallest absolute Gasteiger partial charge is 0.272 e. The third-order valence-corrected chi connectivity index (χ3v) is 2.81. The number of halogens is 1. The summed E-state index contributed by atoms with van der Waals surface area (Å²) in [7, 11) is 0. The van der Waals surface area contributed by atoms with E-state index in [1.807, 2.05) is 6.92 Å². The van der Waals surface area contributed by atoms with E-state index in [9.17, 15) is 14.9 Å². The number of hydrogen-bond donors (Lipinski definition) is 3. The van der Waals surface area contributed by atoms with E-state index in [2.05, 4.69) is 20.8 Å². The molecule has 8 nitrogen and oxygen atoms in total. The molecule has 2 aromatic rings. The molecule has 1 aromatic carbocycles. The Balaban J connectivity index is 0.00000220. The maximum absolute atomic E-state index is 12.0. The highest BCUT2D eigenvalue weighted by Gasteiger charge is 2.16. The van der Waals surface area contributed by atoms with Gasteiger partial charge in [-0.3, -0.25) is 20.0 Å². The normalized spacial score (nSPS) is 10.1. The summed E-state index contributed by atoms with van der Waals surface area (Å²) in [5.41, 5.74) is 0.688. The van der Waals surface area contributed by atoms with E-state index in [0.29, 0.717) is 24.0 Å². The second kappa shape index (κ2) is 7.55. The summed E-state index contributed by atoms with van der Waals surface area (Å²) in [6.07, 6.45) is 0. The Morgan fingerprint density at radius 3 is 2.86 bits per heavy atom. The number of rotatable bonds is 6. The van der Waals surface area contributed by atoms with Crippen LogP contribution in [0.4, 0.5) is 5.69 Å². The van der Waals surface area contributed by atoms with Crippen LogP contribution >= 0.6 is 12.4 Å². The molecule has 0 atom stereocenters. The first kappa shape index (κ1) is 16.9. The van der Waals surface area contributed by atoms with Gasteiger partial charge in [-0.05, 0) is 12.6 Å². The third kappa shape index (κ3) is 3.89. The quantitative estimate of drug-likeness (QED) is 0.422. The van der Waals surface area contributed by atoms with Gasteiger partial charge in [-0.25, -0.2) is 0 Å². The van der Waals surface area contributed by atoms with Crippen molar-refractivity contribution in [3.8, 4) is 0 Å². The molecule has 0 unspecified atom stereocenters. The molecule has 0 spiro atoms. The average molecular weight is 314 g/mol. The summed E-state index contributed by atoms with van der Waals surface area (Å²) >= 11 is 0. The second-order valence-corrected chi connectivity index (χ2v) is 4.17. The van der Waals surface area contributed by atoms with Crippen molar-refractivity contribution in [2.24, 2.45) is 0 Å². The van der Waals surface area contributed by atoms with Crippen LogP contribution in [0.15, 0.2) is 18.2 Å². The molecule has 3 N–H and O–H groups in total. The Bertz CT molecular complexity index is 643. The molecular weight excluding hydrogens is 298 g/mol. The number of carbonyl (C=O) groups excluding carboxylic acids is 1. The van der Waals surface area contributed by atoms with E-state index in [0.717, 1.165) is 6.54 Å². The number of amides is 1. The van der Waals surface area contributed by atoms with Gasteiger partial charge in [-0.15, -0.1) is 12.4 Å². The molecule has 0 aliphatic carbocycles. The van der Waals surface area contributed by atoms with E-state index in [4.69, 9.17) is 0 Å². The molecule has 0 saturated carbocycles. The van der Waals surface area contributed by atoms with E-state index in [-0.39, 0.29) is 29.7 Å². The molecule has 1 amide bonds. The summed E-state index contributed by atoms with van der Waals surface area (Å²) in [5, 5.41) is 23.6. The van der Waals surface area contributed by atoms with Crippen LogP contribution in [-0.2, 0) is 0 Å². The van der Waals surface area contributed by atoms with Crippen LogP contribution in [0, 0.1) is 10.1 Å². The van der Waals surface area contributed by atoms with Crippen molar-refractivity contribution in [2.75, 3.05) is 19.6 Å². The molecule has 21 heavy (non-hydrogen) atoms. The molecule has 114 valence electrons. The second-order valence-electron chi connectivity index (χ2n) is 4.17. The van der Waals surface area contributed by atoms with Gasteiger partial charge in [0.15, 0.2) is 5.69 Å². The molecule has 0 aliphatic rings. The zero-order chi connectivity index (χ0) is 14.5. The molecular formula is C12H16ClN5O3. The number of benzene rings is 1. The molecule has 0 aliphatic heterocycles. The number of aromatic amines is 1. The Morgan fingerprint density at radius 1 is 1.43 bits per heavy atom. The zero-order valence-electron chi connectivity index (χ0n) is 11.4. The lowest BCUT2D eigenvalue weighted by Gasteiger charge is -2.03. The predicted molar refractivity (Wildman–Crippen MR) is 80.9 cm³/mol. The van der Waals surface area contributed by atoms with Gasteiger partial charge in [0.1, 0.15) is 0 Å². The van der Waals surface area contributed by atoms with Crippen molar-refractivity contribution < 1.29 is 9.72 Å². The number of nitrogens with one attached hydrogen (secondary N) is 3. The van der Waals surface area contributed by atoms with Crippen LogP contribution in [0.25, 0.3) is 10.9 Å². The fourth-order valence-electron chi connectivity index (χ4n) is 1.81. The van der Waals surface area contributed by atoms with E-state index in [1.54, 1.807) is 0 Å².